The zero-order chi connectivity index (χ0) is 12.0. The van der Waals surface area contributed by atoms with E-state index in [2.05, 4.69) is 17.5 Å². The summed E-state index contributed by atoms with van der Waals surface area (Å²) in [5.74, 6) is -1.22. The van der Waals surface area contributed by atoms with Crippen LogP contribution in [0.2, 0.25) is 0 Å². The predicted octanol–water partition coefficient (Wildman–Crippen LogP) is -0.354. The molecule has 0 fully saturated rings. The van der Waals surface area contributed by atoms with Crippen LogP contribution in [-0.2, 0) is 9.59 Å². The average Bonchev–Trinajstić information content (AvgIpc) is 2.14. The molecule has 0 rings (SSSR count). The van der Waals surface area contributed by atoms with Gasteiger partial charge in [0.1, 0.15) is 0 Å². The second-order valence-corrected chi connectivity index (χ2v) is 3.86. The maximum absolute atomic E-state index is 11.6. The van der Waals surface area contributed by atoms with Crippen molar-refractivity contribution in [3.05, 3.63) is 0 Å². The maximum Gasteiger partial charge on any atom is 0.312 e. The highest BCUT2D eigenvalue weighted by Crippen LogP contribution is 1.97. The third kappa shape index (κ3) is 4.73. The van der Waals surface area contributed by atoms with E-state index in [-0.39, 0.29) is 17.6 Å². The fourth-order valence-corrected chi connectivity index (χ4v) is 1.19. The minimum Gasteiger partial charge on any atom is -0.392 e. The summed E-state index contributed by atoms with van der Waals surface area (Å²) in [5.41, 5.74) is 5.20. The van der Waals surface area contributed by atoms with Gasteiger partial charge in [0.15, 0.2) is 0 Å². The topological polar surface area (TPSA) is 75.4 Å². The third-order valence-electron chi connectivity index (χ3n) is 1.84. The van der Waals surface area contributed by atoms with Gasteiger partial charge in [-0.15, -0.1) is 0 Å². The molecule has 5 nitrogen and oxygen atoms in total. The average molecular weight is 231 g/mol. The van der Waals surface area contributed by atoms with Gasteiger partial charge in [0, 0.05) is 12.6 Å². The lowest BCUT2D eigenvalue weighted by molar-refractivity contribution is -0.146. The molecule has 0 aliphatic rings. The highest BCUT2D eigenvalue weighted by Gasteiger charge is 2.22. The number of amides is 2. The molecule has 3 N–H and O–H groups in total. The van der Waals surface area contributed by atoms with E-state index in [1.807, 2.05) is 20.8 Å². The minimum atomic E-state index is -0.668. The summed E-state index contributed by atoms with van der Waals surface area (Å²) in [6.07, 6.45) is 0. The second kappa shape index (κ2) is 6.34. The van der Waals surface area contributed by atoms with Crippen molar-refractivity contribution in [2.75, 3.05) is 13.1 Å². The van der Waals surface area contributed by atoms with Gasteiger partial charge in [-0.2, -0.15) is 0 Å². The number of carbonyl (C=O) groups is 2. The van der Waals surface area contributed by atoms with Gasteiger partial charge in [0.25, 0.3) is 0 Å². The Morgan fingerprint density at radius 2 is 2.00 bits per heavy atom. The summed E-state index contributed by atoms with van der Waals surface area (Å²) < 4.78 is 0. The summed E-state index contributed by atoms with van der Waals surface area (Å²) in [6, 6.07) is -0.00178. The van der Waals surface area contributed by atoms with Crippen LogP contribution in [0.4, 0.5) is 0 Å². The van der Waals surface area contributed by atoms with Crippen LogP contribution in [0.5, 0.6) is 0 Å². The SMILES string of the molecule is CCN(C(=O)C(=O)NCC(N)=S)C(C)C. The highest BCUT2D eigenvalue weighted by molar-refractivity contribution is 7.80. The number of nitrogens with two attached hydrogens (primary N) is 1. The molecule has 0 saturated carbocycles. The fourth-order valence-electron chi connectivity index (χ4n) is 1.12. The molecule has 86 valence electrons. The van der Waals surface area contributed by atoms with Crippen LogP contribution in [0, 0.1) is 0 Å². The third-order valence-corrected chi connectivity index (χ3v) is 1.99. The summed E-state index contributed by atoms with van der Waals surface area (Å²) in [4.78, 5) is 24.5. The number of nitrogens with one attached hydrogen (secondary N) is 1. The number of carbonyl (C=O) groups excluding carboxylic acids is 2. The molecule has 0 aliphatic carbocycles. The largest absolute Gasteiger partial charge is 0.392 e. The van der Waals surface area contributed by atoms with Crippen LogP contribution in [0.15, 0.2) is 0 Å². The number of rotatable bonds is 4. The van der Waals surface area contributed by atoms with E-state index in [1.54, 1.807) is 0 Å². The first kappa shape index (κ1) is 13.8. The lowest BCUT2D eigenvalue weighted by Crippen LogP contribution is -2.47. The molecule has 0 aliphatic heterocycles. The molecule has 0 bridgehead atoms. The van der Waals surface area contributed by atoms with E-state index < -0.39 is 11.8 Å². The summed E-state index contributed by atoms with van der Waals surface area (Å²) in [5, 5.41) is 2.36. The van der Waals surface area contributed by atoms with Gasteiger partial charge in [0.2, 0.25) is 0 Å². The Morgan fingerprint density at radius 3 is 2.33 bits per heavy atom. The first-order valence-corrected chi connectivity index (χ1v) is 5.18. The van der Waals surface area contributed by atoms with Crippen molar-refractivity contribution < 1.29 is 9.59 Å². The molecule has 0 aromatic heterocycles. The number of likely N-dealkylation sites (N-methyl/N-ethyl adjacent to an activating group) is 1. The van der Waals surface area contributed by atoms with Crippen molar-refractivity contribution in [3.8, 4) is 0 Å². The summed E-state index contributed by atoms with van der Waals surface area (Å²) >= 11 is 4.58. The van der Waals surface area contributed by atoms with E-state index in [0.29, 0.717) is 6.54 Å². The minimum absolute atomic E-state index is 0.00178. The van der Waals surface area contributed by atoms with Gasteiger partial charge in [-0.3, -0.25) is 9.59 Å². The Hall–Kier alpha value is -1.17. The molecule has 15 heavy (non-hydrogen) atoms. The Balaban J connectivity index is 4.29. The van der Waals surface area contributed by atoms with Crippen LogP contribution in [0.25, 0.3) is 0 Å². The molecule has 0 atom stereocenters. The number of hydrogen-bond acceptors (Lipinski definition) is 3. The molecule has 0 unspecified atom stereocenters. The van der Waals surface area contributed by atoms with Gasteiger partial charge in [0.05, 0.1) is 11.5 Å². The number of thiocarbonyl (C=S) groups is 1. The molecular formula is C9H17N3O2S. The zero-order valence-electron chi connectivity index (χ0n) is 9.24. The molecule has 0 aromatic carbocycles. The molecule has 6 heteroatoms. The molecule has 0 spiro atoms. The van der Waals surface area contributed by atoms with Gasteiger partial charge < -0.3 is 16.0 Å². The zero-order valence-corrected chi connectivity index (χ0v) is 10.1. The maximum atomic E-state index is 11.6. The molecule has 0 radical (unpaired) electrons. The van der Waals surface area contributed by atoms with Gasteiger partial charge in [-0.1, -0.05) is 12.2 Å². The first-order chi connectivity index (χ1) is 6.90. The van der Waals surface area contributed by atoms with Gasteiger partial charge >= 0.3 is 11.8 Å². The fraction of sp³-hybridized carbons (Fsp3) is 0.667. The molecule has 2 amide bonds. The number of hydrogen-bond donors (Lipinski definition) is 2. The second-order valence-electron chi connectivity index (χ2n) is 3.33. The molecule has 0 saturated heterocycles. The smallest absolute Gasteiger partial charge is 0.312 e. The Bertz CT molecular complexity index is 266. The molecular weight excluding hydrogens is 214 g/mol. The van der Waals surface area contributed by atoms with Crippen LogP contribution < -0.4 is 11.1 Å². The van der Waals surface area contributed by atoms with E-state index in [9.17, 15) is 9.59 Å². The lowest BCUT2D eigenvalue weighted by atomic mass is 10.3. The first-order valence-electron chi connectivity index (χ1n) is 4.77. The van der Waals surface area contributed by atoms with Crippen molar-refractivity contribution in [1.29, 1.82) is 0 Å². The van der Waals surface area contributed by atoms with Crippen LogP contribution >= 0.6 is 12.2 Å². The Kier molecular flexibility index (Phi) is 5.84. The van der Waals surface area contributed by atoms with Crippen molar-refractivity contribution in [3.63, 3.8) is 0 Å². The van der Waals surface area contributed by atoms with Crippen LogP contribution in [0.1, 0.15) is 20.8 Å². The van der Waals surface area contributed by atoms with E-state index >= 15 is 0 Å². The van der Waals surface area contributed by atoms with Crippen molar-refractivity contribution in [1.82, 2.24) is 10.2 Å². The van der Waals surface area contributed by atoms with Crippen molar-refractivity contribution in [2.24, 2.45) is 5.73 Å². The van der Waals surface area contributed by atoms with E-state index in [0.717, 1.165) is 0 Å². The monoisotopic (exact) mass is 231 g/mol. The summed E-state index contributed by atoms with van der Waals surface area (Å²) in [7, 11) is 0. The van der Waals surface area contributed by atoms with Gasteiger partial charge in [-0.05, 0) is 20.8 Å². The predicted molar refractivity (Wildman–Crippen MR) is 62.3 cm³/mol. The molecule has 0 heterocycles. The number of nitrogens with zero attached hydrogens (tertiary/aromatic N) is 1. The van der Waals surface area contributed by atoms with Crippen molar-refractivity contribution >= 4 is 29.0 Å². The standard InChI is InChI=1S/C9H17N3O2S/c1-4-12(6(2)3)9(14)8(13)11-5-7(10)15/h6H,4-5H2,1-3H3,(H2,10,15)(H,11,13). The Morgan fingerprint density at radius 1 is 1.47 bits per heavy atom. The quantitative estimate of drug-likeness (QED) is 0.512. The normalized spacial score (nSPS) is 9.87. The van der Waals surface area contributed by atoms with E-state index in [1.165, 1.54) is 4.90 Å². The summed E-state index contributed by atoms with van der Waals surface area (Å²) in [6.45, 7) is 6.07. The van der Waals surface area contributed by atoms with Crippen LogP contribution in [0.3, 0.4) is 0 Å². The highest BCUT2D eigenvalue weighted by atomic mass is 32.1. The van der Waals surface area contributed by atoms with E-state index in [4.69, 9.17) is 5.73 Å². The lowest BCUT2D eigenvalue weighted by Gasteiger charge is -2.24. The van der Waals surface area contributed by atoms with Gasteiger partial charge in [-0.25, -0.2) is 0 Å². The Labute approximate surface area is 95.0 Å². The van der Waals surface area contributed by atoms with Crippen LogP contribution in [-0.4, -0.2) is 40.8 Å². The van der Waals surface area contributed by atoms with Crippen molar-refractivity contribution in [2.45, 2.75) is 26.8 Å². The molecule has 0 aromatic rings.